The lowest BCUT2D eigenvalue weighted by Crippen LogP contribution is -2.65. The number of likely N-dealkylation sites (tertiary alicyclic amines) is 2. The third-order valence-electron chi connectivity index (χ3n) is 16.1. The van der Waals surface area contributed by atoms with Gasteiger partial charge in [0.05, 0.1) is 5.60 Å². The molecule has 8 rings (SSSR count). The minimum atomic E-state index is -0.419. The second-order valence-electron chi connectivity index (χ2n) is 18.9. The SMILES string of the molecule is C.CC[C@@]12CCN(CC3(O)CC3)C(Cc3ccc(O)cc31)C2(C)C.CN1CC[C@]2(C)c3cc(O)ccc3CC1[C@@]2(C)CCC(=O)CCC1CCCC1. The van der Waals surface area contributed by atoms with Crippen LogP contribution in [0.25, 0.3) is 0 Å². The van der Waals surface area contributed by atoms with E-state index in [1.807, 2.05) is 24.3 Å². The van der Waals surface area contributed by atoms with Crippen molar-refractivity contribution in [3.05, 3.63) is 58.7 Å². The van der Waals surface area contributed by atoms with Crippen LogP contribution in [0.3, 0.4) is 0 Å². The molecule has 2 unspecified atom stereocenters. The van der Waals surface area contributed by atoms with Crippen LogP contribution in [-0.4, -0.2) is 75.3 Å². The van der Waals surface area contributed by atoms with Crippen molar-refractivity contribution in [2.24, 2.45) is 16.7 Å². The third kappa shape index (κ3) is 6.65. The van der Waals surface area contributed by atoms with Crippen molar-refractivity contribution in [2.75, 3.05) is 26.7 Å². The zero-order chi connectivity index (χ0) is 36.4. The summed E-state index contributed by atoms with van der Waals surface area (Å²) in [7, 11) is 2.25. The molecule has 4 aliphatic carbocycles. The van der Waals surface area contributed by atoms with E-state index in [4.69, 9.17) is 0 Å². The Morgan fingerprint density at radius 2 is 1.44 bits per heavy atom. The summed E-state index contributed by atoms with van der Waals surface area (Å²) in [6, 6.07) is 12.8. The summed E-state index contributed by atoms with van der Waals surface area (Å²) in [5.74, 6) is 2.01. The first-order chi connectivity index (χ1) is 24.1. The number of Topliss-reactive ketones (excluding diaryl/α,β-unsaturated/α-hetero) is 1. The minimum Gasteiger partial charge on any atom is -0.508 e. The van der Waals surface area contributed by atoms with Gasteiger partial charge in [-0.25, -0.2) is 0 Å². The molecule has 2 aromatic rings. The minimum absolute atomic E-state index is 0. The van der Waals surface area contributed by atoms with Gasteiger partial charge in [0.1, 0.15) is 17.3 Å². The number of carbonyl (C=O) groups is 1. The maximum absolute atomic E-state index is 12.7. The number of piperidine rings is 2. The van der Waals surface area contributed by atoms with Gasteiger partial charge in [-0.3, -0.25) is 9.69 Å². The molecular formula is C46H70N2O4. The van der Waals surface area contributed by atoms with Crippen LogP contribution in [0.15, 0.2) is 36.4 Å². The van der Waals surface area contributed by atoms with Gasteiger partial charge < -0.3 is 20.2 Å². The van der Waals surface area contributed by atoms with Crippen LogP contribution in [0.2, 0.25) is 0 Å². The van der Waals surface area contributed by atoms with E-state index in [1.54, 1.807) is 0 Å². The Morgan fingerprint density at radius 3 is 2.08 bits per heavy atom. The highest BCUT2D eigenvalue weighted by atomic mass is 16.3. The fraction of sp³-hybridized carbons (Fsp3) is 0.717. The number of aliphatic hydroxyl groups is 1. The summed E-state index contributed by atoms with van der Waals surface area (Å²) in [5, 5.41) is 30.6. The topological polar surface area (TPSA) is 84.2 Å². The molecule has 0 spiro atoms. The maximum Gasteiger partial charge on any atom is 0.132 e. The third-order valence-corrected chi connectivity index (χ3v) is 16.1. The molecule has 288 valence electrons. The number of hydrogen-bond donors (Lipinski definition) is 3. The number of benzene rings is 2. The van der Waals surface area contributed by atoms with E-state index in [0.29, 0.717) is 35.8 Å². The summed E-state index contributed by atoms with van der Waals surface area (Å²) in [6.45, 7) is 14.9. The molecule has 2 saturated heterocycles. The van der Waals surface area contributed by atoms with Crippen molar-refractivity contribution >= 4 is 5.78 Å². The van der Waals surface area contributed by atoms with Gasteiger partial charge in [0.15, 0.2) is 0 Å². The lowest BCUT2D eigenvalue weighted by Gasteiger charge is -2.62. The first kappa shape index (κ1) is 39.3. The van der Waals surface area contributed by atoms with Gasteiger partial charge in [0.2, 0.25) is 0 Å². The number of ketones is 1. The Bertz CT molecular complexity index is 1610. The number of fused-ring (bicyclic) bond motifs is 8. The molecule has 4 fully saturated rings. The fourth-order valence-corrected chi connectivity index (χ4v) is 12.2. The van der Waals surface area contributed by atoms with E-state index in [0.717, 1.165) is 89.8 Å². The molecule has 5 atom stereocenters. The number of aromatic hydroxyl groups is 2. The molecule has 0 amide bonds. The molecule has 0 radical (unpaired) electrons. The lowest BCUT2D eigenvalue weighted by molar-refractivity contribution is -0.121. The van der Waals surface area contributed by atoms with Crippen LogP contribution in [0.1, 0.15) is 148 Å². The number of nitrogens with zero attached hydrogens (tertiary/aromatic N) is 2. The molecule has 2 heterocycles. The second-order valence-corrected chi connectivity index (χ2v) is 18.9. The fourth-order valence-electron chi connectivity index (χ4n) is 12.2. The molecular weight excluding hydrogens is 645 g/mol. The molecule has 2 saturated carbocycles. The molecule has 2 aromatic carbocycles. The molecule has 52 heavy (non-hydrogen) atoms. The predicted molar refractivity (Wildman–Crippen MR) is 212 cm³/mol. The number of hydrogen-bond acceptors (Lipinski definition) is 6. The van der Waals surface area contributed by atoms with Crippen LogP contribution < -0.4 is 0 Å². The highest BCUT2D eigenvalue weighted by Gasteiger charge is 2.59. The predicted octanol–water partition coefficient (Wildman–Crippen LogP) is 9.09. The Labute approximate surface area is 315 Å². The van der Waals surface area contributed by atoms with Crippen LogP contribution in [0.4, 0.5) is 0 Å². The zero-order valence-electron chi connectivity index (χ0n) is 32.6. The number of phenolic OH excluding ortho intramolecular Hbond substituents is 2. The number of phenols is 2. The van der Waals surface area contributed by atoms with E-state index < -0.39 is 5.60 Å². The summed E-state index contributed by atoms with van der Waals surface area (Å²) in [4.78, 5) is 17.8. The van der Waals surface area contributed by atoms with Crippen molar-refractivity contribution in [2.45, 2.75) is 167 Å². The van der Waals surface area contributed by atoms with Crippen molar-refractivity contribution < 1.29 is 20.1 Å². The Balaban J connectivity index is 0.000000178. The average Bonchev–Trinajstić information content (AvgIpc) is 3.57. The Hall–Kier alpha value is -2.41. The van der Waals surface area contributed by atoms with Crippen LogP contribution in [-0.2, 0) is 28.5 Å². The van der Waals surface area contributed by atoms with Gasteiger partial charge in [0.25, 0.3) is 0 Å². The molecule has 4 bridgehead atoms. The quantitative estimate of drug-likeness (QED) is 0.240. The number of likely N-dealkylation sites (N-methyl/N-ethyl adjacent to an activating group) is 1. The van der Waals surface area contributed by atoms with Crippen LogP contribution in [0.5, 0.6) is 11.5 Å². The largest absolute Gasteiger partial charge is 0.508 e. The lowest BCUT2D eigenvalue weighted by atomic mass is 9.49. The second kappa shape index (κ2) is 14.3. The zero-order valence-corrected chi connectivity index (χ0v) is 32.6. The van der Waals surface area contributed by atoms with E-state index in [-0.39, 0.29) is 29.1 Å². The maximum atomic E-state index is 12.7. The van der Waals surface area contributed by atoms with Crippen molar-refractivity contribution in [1.82, 2.24) is 9.80 Å². The average molecular weight is 715 g/mol. The summed E-state index contributed by atoms with van der Waals surface area (Å²) in [6.07, 6.45) is 16.2. The molecule has 3 N–H and O–H groups in total. The van der Waals surface area contributed by atoms with Crippen LogP contribution in [0, 0.1) is 16.7 Å². The van der Waals surface area contributed by atoms with E-state index in [2.05, 4.69) is 63.6 Å². The van der Waals surface area contributed by atoms with Gasteiger partial charge >= 0.3 is 0 Å². The van der Waals surface area contributed by atoms with Crippen molar-refractivity contribution in [3.8, 4) is 11.5 Å². The Kier molecular flexibility index (Phi) is 10.8. The Morgan fingerprint density at radius 1 is 0.827 bits per heavy atom. The smallest absolute Gasteiger partial charge is 0.132 e. The molecule has 6 nitrogen and oxygen atoms in total. The number of carbonyl (C=O) groups excluding carboxylic acids is 1. The molecule has 2 aliphatic heterocycles. The van der Waals surface area contributed by atoms with E-state index in [1.165, 1.54) is 47.9 Å². The molecule has 6 aliphatic rings. The number of β-amino-alcohol motifs (C(OH)–C–C–N with tert-alkyl or cyclic N) is 1. The van der Waals surface area contributed by atoms with Gasteiger partial charge in [-0.15, -0.1) is 0 Å². The monoisotopic (exact) mass is 715 g/mol. The van der Waals surface area contributed by atoms with Gasteiger partial charge in [-0.1, -0.05) is 79.9 Å². The highest BCUT2D eigenvalue weighted by molar-refractivity contribution is 5.78. The van der Waals surface area contributed by atoms with E-state index in [9.17, 15) is 20.1 Å². The number of rotatable bonds is 9. The first-order valence-corrected chi connectivity index (χ1v) is 20.5. The summed E-state index contributed by atoms with van der Waals surface area (Å²) < 4.78 is 0. The van der Waals surface area contributed by atoms with Crippen molar-refractivity contribution in [3.63, 3.8) is 0 Å². The first-order valence-electron chi connectivity index (χ1n) is 20.5. The van der Waals surface area contributed by atoms with Crippen LogP contribution >= 0.6 is 0 Å². The summed E-state index contributed by atoms with van der Waals surface area (Å²) in [5.41, 5.74) is 5.38. The van der Waals surface area contributed by atoms with Crippen molar-refractivity contribution in [1.29, 1.82) is 0 Å². The van der Waals surface area contributed by atoms with Gasteiger partial charge in [-0.2, -0.15) is 0 Å². The normalized spacial score (nSPS) is 32.8. The van der Waals surface area contributed by atoms with Gasteiger partial charge in [0, 0.05) is 42.3 Å². The molecule has 6 heteroatoms. The standard InChI is InChI=1S/C25H37NO2.C20H29NO2.CH4/c1-24-14-15-26(3)23(16-19-9-11-21(28)17-22(19)24)25(24,2)13-12-20(27)10-8-18-6-4-5-7-18;1-4-20-9-10-21(13-19(23)7-8-19)17(18(20,2)3)11-14-5-6-15(22)12-16(14)20;/h9,11,17-18,23,28H,4-8,10,12-16H2,1-3H3;5-6,12,17,22-23H,4,7-11,13H2,1-3H3;1H4/t23?,24-,25-;17?,20-;/m11./s1. The highest BCUT2D eigenvalue weighted by Crippen LogP contribution is 2.60. The van der Waals surface area contributed by atoms with E-state index >= 15 is 0 Å². The van der Waals surface area contributed by atoms with Gasteiger partial charge in [-0.05, 0) is 141 Å². The molecule has 0 aromatic heterocycles. The summed E-state index contributed by atoms with van der Waals surface area (Å²) >= 11 is 0.